The molecule has 672 valence electrons. The van der Waals surface area contributed by atoms with E-state index < -0.39 is 64.4 Å². The quantitative estimate of drug-likeness (QED) is 0.0371. The fourth-order valence-corrected chi connectivity index (χ4v) is 19.3. The predicted octanol–water partition coefficient (Wildman–Crippen LogP) is 8.99. The summed E-state index contributed by atoms with van der Waals surface area (Å²) in [5.41, 5.74) is 0.922. The van der Waals surface area contributed by atoms with Crippen LogP contribution in [0.4, 0.5) is 13.2 Å². The van der Waals surface area contributed by atoms with Gasteiger partial charge in [-0.2, -0.15) is 30.6 Å². The van der Waals surface area contributed by atoms with Gasteiger partial charge in [0.1, 0.15) is 88.5 Å². The topological polar surface area (TPSA) is 365 Å². The Morgan fingerprint density at radius 1 is 0.456 bits per heavy atom. The van der Waals surface area contributed by atoms with Crippen molar-refractivity contribution in [3.05, 3.63) is 205 Å². The Bertz CT molecular complexity index is 5840. The van der Waals surface area contributed by atoms with Crippen LogP contribution in [-0.4, -0.2) is 238 Å². The number of ether oxygens (including phenoxy) is 9. The molecule has 125 heavy (non-hydrogen) atoms. The number of aromatic amines is 1. The smallest absolute Gasteiger partial charge is 0.332 e. The summed E-state index contributed by atoms with van der Waals surface area (Å²) in [5.74, 6) is -0.145. The number of rotatable bonds is 32. The molecule has 3 fully saturated rings. The molecule has 0 saturated carbocycles. The second-order valence-electron chi connectivity index (χ2n) is 30.7. The number of aliphatic hydroxyl groups is 1. The van der Waals surface area contributed by atoms with Gasteiger partial charge in [0.05, 0.1) is 146 Å². The van der Waals surface area contributed by atoms with Gasteiger partial charge in [0.15, 0.2) is 0 Å². The molecule has 12 aromatic rings. The van der Waals surface area contributed by atoms with Crippen molar-refractivity contribution in [2.45, 2.75) is 149 Å². The van der Waals surface area contributed by atoms with E-state index in [0.29, 0.717) is 174 Å². The number of likely N-dealkylation sites (tertiary alicyclic amines) is 3. The summed E-state index contributed by atoms with van der Waals surface area (Å²) in [5, 5.41) is 37.7. The number of aryl methyl sites for hydroxylation is 3. The first-order chi connectivity index (χ1) is 60.1. The molecule has 41 heteroatoms. The highest BCUT2D eigenvalue weighted by Crippen LogP contribution is 2.39. The van der Waals surface area contributed by atoms with Crippen molar-refractivity contribution >= 4 is 70.6 Å². The maximum atomic E-state index is 14.5. The van der Waals surface area contributed by atoms with Crippen molar-refractivity contribution in [3.8, 4) is 32.3 Å². The maximum absolute atomic E-state index is 14.5. The first-order valence-corrected chi connectivity index (χ1v) is 43.2. The van der Waals surface area contributed by atoms with Crippen LogP contribution in [0.2, 0.25) is 0 Å². The van der Waals surface area contributed by atoms with E-state index in [1.54, 1.807) is 79.5 Å². The lowest BCUT2D eigenvalue weighted by atomic mass is 10.1. The standard InChI is InChI=1S/2C28H35FN6O5S.C16H18N6O3S.C12H17FO4/c2*1-17(2)32-11-8-20(15-32)34-25(36)24-18(3)26(35-30-9-10-31-35)41-27(24)33(28(34)37)16-23(40-13-12-38-4)21-14-19(29)6-7-22(21)39-5;1-8(2)20-7-4-10(13(20)23)21-14(24)11-9(3)15(22-17-5-6-18-22)26-12(11)19-16(21)25;1-15-5-6-17-12(8-14)10-7-9(13)3-4-11(10)16-2/h2*6-7,9-10,14,17,20,23H,8,11-13,15-16H2,1-5H3;5-6,8,10H,4,7H2,1-3H3,(H,19,25);3-4,7,12,14H,5-6,8H2,1-2H3/t20?,23-;20-,23-;;12-/m00.0/s1. The summed E-state index contributed by atoms with van der Waals surface area (Å²) in [4.78, 5) is 110. The van der Waals surface area contributed by atoms with E-state index in [2.05, 4.69) is 73.1 Å². The Kier molecular flexibility index (Phi) is 31.5. The minimum absolute atomic E-state index is 0.0195. The third kappa shape index (κ3) is 20.2. The summed E-state index contributed by atoms with van der Waals surface area (Å²) in [7, 11) is 9.17. The second kappa shape index (κ2) is 42.1. The number of thiophene rings is 3. The average Bonchev–Trinajstić information content (AvgIpc) is 1.60. The van der Waals surface area contributed by atoms with E-state index >= 15 is 0 Å². The number of hydrogen-bond acceptors (Lipinski definition) is 28. The molecule has 9 aromatic heterocycles. The number of halogens is 3. The lowest BCUT2D eigenvalue weighted by Crippen LogP contribution is -2.44. The van der Waals surface area contributed by atoms with Crippen LogP contribution in [0.25, 0.3) is 45.7 Å². The first kappa shape index (κ1) is 93.5. The van der Waals surface area contributed by atoms with Gasteiger partial charge in [0, 0.05) is 106 Å². The van der Waals surface area contributed by atoms with E-state index in [4.69, 9.17) is 42.6 Å². The number of carbonyl (C=O) groups is 1. The van der Waals surface area contributed by atoms with Crippen LogP contribution in [0.5, 0.6) is 17.2 Å². The zero-order valence-corrected chi connectivity index (χ0v) is 74.8. The van der Waals surface area contributed by atoms with Gasteiger partial charge in [0.25, 0.3) is 16.7 Å². The highest BCUT2D eigenvalue weighted by Gasteiger charge is 2.39. The summed E-state index contributed by atoms with van der Waals surface area (Å²) >= 11 is 3.77. The largest absolute Gasteiger partial charge is 0.496 e. The third-order valence-corrected chi connectivity index (χ3v) is 26.0. The number of aromatic nitrogens is 15. The number of fused-ring (bicyclic) bond motifs is 3. The molecule has 35 nitrogen and oxygen atoms in total. The van der Waals surface area contributed by atoms with Gasteiger partial charge >= 0.3 is 17.1 Å². The number of benzene rings is 3. The van der Waals surface area contributed by atoms with E-state index in [-0.39, 0.29) is 68.1 Å². The highest BCUT2D eigenvalue weighted by molar-refractivity contribution is 7.22. The fourth-order valence-electron chi connectivity index (χ4n) is 15.8. The van der Waals surface area contributed by atoms with Crippen molar-refractivity contribution in [1.29, 1.82) is 0 Å². The molecule has 3 aliphatic rings. The maximum Gasteiger partial charge on any atom is 0.332 e. The first-order valence-electron chi connectivity index (χ1n) is 40.8. The molecule has 0 aliphatic carbocycles. The van der Waals surface area contributed by atoms with Crippen molar-refractivity contribution < 1.29 is 65.7 Å². The van der Waals surface area contributed by atoms with Gasteiger partial charge in [0.2, 0.25) is 5.91 Å². The van der Waals surface area contributed by atoms with Crippen LogP contribution in [0.3, 0.4) is 0 Å². The lowest BCUT2D eigenvalue weighted by Gasteiger charge is -2.24. The van der Waals surface area contributed by atoms with Crippen LogP contribution >= 0.6 is 34.0 Å². The second-order valence-corrected chi connectivity index (χ2v) is 33.7. The lowest BCUT2D eigenvalue weighted by molar-refractivity contribution is -0.131. The Hall–Kier alpha value is -10.7. The van der Waals surface area contributed by atoms with Crippen LogP contribution in [0, 0.1) is 38.2 Å². The van der Waals surface area contributed by atoms with Crippen molar-refractivity contribution in [3.63, 3.8) is 0 Å². The summed E-state index contributed by atoms with van der Waals surface area (Å²) < 4.78 is 98.2. The number of amides is 1. The Labute approximate surface area is 728 Å². The number of aliphatic hydroxyl groups excluding tert-OH is 1. The van der Waals surface area contributed by atoms with E-state index in [1.165, 1.54) is 133 Å². The molecule has 3 aromatic carbocycles. The van der Waals surface area contributed by atoms with E-state index in [9.17, 15) is 51.8 Å². The number of methoxy groups -OCH3 is 6. The van der Waals surface area contributed by atoms with Gasteiger partial charge < -0.3 is 52.6 Å². The third-order valence-electron chi connectivity index (χ3n) is 22.3. The molecule has 2 unspecified atom stereocenters. The Morgan fingerprint density at radius 3 is 1.16 bits per heavy atom. The van der Waals surface area contributed by atoms with Crippen LogP contribution in [-0.2, 0) is 46.3 Å². The molecule has 6 atom stereocenters. The van der Waals surface area contributed by atoms with E-state index in [1.807, 2.05) is 27.7 Å². The monoisotopic (exact) mass is 1790 g/mol. The normalized spacial score (nSPS) is 16.4. The zero-order valence-electron chi connectivity index (χ0n) is 72.3. The highest BCUT2D eigenvalue weighted by atomic mass is 32.1. The number of nitrogens with one attached hydrogen (secondary N) is 1. The van der Waals surface area contributed by atoms with Crippen LogP contribution in [0.15, 0.2) is 121 Å². The SMILES string of the molecule is COCCO[C@@H](CO)c1cc(F)ccc1OC.COCCO[C@@H](Cn1c(=O)n(C2CCN(C(C)C)C2)c(=O)c2c(C)c(-n3nccn3)sc21)c1cc(F)ccc1OC.COCCO[C@@H](Cn1c(=O)n([C@H]2CCN(C(C)C)C2)c(=O)c2c(C)c(-n3nccn3)sc21)c1cc(F)ccc1OC.Cc1c(-n2nccn2)sc2[nH]c(=O)n(C3CCN(C(C)C)C3=O)c(=O)c12. The molecule has 12 heterocycles. The minimum atomic E-state index is -0.771. The summed E-state index contributed by atoms with van der Waals surface area (Å²) in [6.07, 6.45) is 8.98. The number of hydrogen-bond donors (Lipinski definition) is 2. The van der Waals surface area contributed by atoms with Crippen LogP contribution in [0.1, 0.15) is 131 Å². The van der Waals surface area contributed by atoms with Crippen LogP contribution < -0.4 is 48.0 Å². The van der Waals surface area contributed by atoms with E-state index in [0.717, 1.165) is 17.7 Å². The van der Waals surface area contributed by atoms with Gasteiger partial charge in [-0.1, -0.05) is 34.0 Å². The molecule has 0 bridgehead atoms. The number of carbonyl (C=O) groups excluding carboxylic acids is 1. The molecule has 0 spiro atoms. The molecule has 3 saturated heterocycles. The molecule has 1 amide bonds. The van der Waals surface area contributed by atoms with Crippen molar-refractivity contribution in [2.75, 3.05) is 122 Å². The molecule has 2 N–H and O–H groups in total. The van der Waals surface area contributed by atoms with Gasteiger partial charge in [-0.3, -0.25) is 52.2 Å². The number of nitrogens with zero attached hydrogens (tertiary/aromatic N) is 17. The molecule has 0 radical (unpaired) electrons. The Balaban J connectivity index is 0.000000159. The fraction of sp³-hybridized carbons (Fsp3) is 0.488. The molecular weight excluding hydrogens is 1690 g/mol. The van der Waals surface area contributed by atoms with Gasteiger partial charge in [-0.05, 0) is 136 Å². The average molecular weight is 1790 g/mol. The molecular formula is C84H105F3N18O17S3. The minimum Gasteiger partial charge on any atom is -0.496 e. The predicted molar refractivity (Wildman–Crippen MR) is 465 cm³/mol. The van der Waals surface area contributed by atoms with Gasteiger partial charge in [-0.25, -0.2) is 32.1 Å². The zero-order chi connectivity index (χ0) is 89.8. The Morgan fingerprint density at radius 2 is 0.816 bits per heavy atom. The molecule has 3 aliphatic heterocycles. The molecule has 15 rings (SSSR count). The van der Waals surface area contributed by atoms with Crippen molar-refractivity contribution in [2.24, 2.45) is 0 Å². The van der Waals surface area contributed by atoms with Crippen molar-refractivity contribution in [1.82, 2.24) is 87.5 Å². The van der Waals surface area contributed by atoms with Gasteiger partial charge in [-0.15, -0.1) is 14.4 Å². The number of H-pyrrole nitrogens is 1. The summed E-state index contributed by atoms with van der Waals surface area (Å²) in [6.45, 7) is 22.6. The summed E-state index contributed by atoms with van der Waals surface area (Å²) in [6, 6.07) is 11.8.